The second-order valence-electron chi connectivity index (χ2n) is 6.40. The number of piperazine rings is 1. The highest BCUT2D eigenvalue weighted by atomic mass is 19.1. The smallest absolute Gasteiger partial charge is 0.273 e. The zero-order valence-corrected chi connectivity index (χ0v) is 14.5. The predicted molar refractivity (Wildman–Crippen MR) is 95.4 cm³/mol. The number of hydrogen-bond donors (Lipinski definition) is 0. The Morgan fingerprint density at radius 1 is 1.12 bits per heavy atom. The Labute approximate surface area is 151 Å². The highest BCUT2D eigenvalue weighted by Gasteiger charge is 2.25. The summed E-state index contributed by atoms with van der Waals surface area (Å²) in [5, 5.41) is 11.1. The van der Waals surface area contributed by atoms with Gasteiger partial charge in [0, 0.05) is 49.9 Å². The molecule has 1 heterocycles. The van der Waals surface area contributed by atoms with E-state index in [2.05, 4.69) is 4.90 Å². The van der Waals surface area contributed by atoms with Crippen LogP contribution in [0, 0.1) is 22.9 Å². The molecule has 0 atom stereocenters. The standard InChI is InChI=1S/C19H20FN3O3/c1-14-17(3-2-4-18(14)23(25)26)19(24)22-11-9-21(10-12-22)13-15-5-7-16(20)8-6-15/h2-8H,9-13H2,1H3. The van der Waals surface area contributed by atoms with Crippen molar-refractivity contribution in [3.8, 4) is 0 Å². The van der Waals surface area contributed by atoms with Crippen molar-refractivity contribution in [1.29, 1.82) is 0 Å². The van der Waals surface area contributed by atoms with Crippen LogP contribution in [0.4, 0.5) is 10.1 Å². The fraction of sp³-hybridized carbons (Fsp3) is 0.316. The minimum atomic E-state index is -0.466. The van der Waals surface area contributed by atoms with Crippen molar-refractivity contribution in [3.05, 3.63) is 75.1 Å². The van der Waals surface area contributed by atoms with E-state index in [9.17, 15) is 19.3 Å². The first-order chi connectivity index (χ1) is 12.5. The van der Waals surface area contributed by atoms with Gasteiger partial charge in [-0.3, -0.25) is 19.8 Å². The number of carbonyl (C=O) groups is 1. The molecule has 7 heteroatoms. The van der Waals surface area contributed by atoms with Crippen molar-refractivity contribution < 1.29 is 14.1 Å². The molecule has 1 aliphatic heterocycles. The van der Waals surface area contributed by atoms with Crippen molar-refractivity contribution in [2.24, 2.45) is 0 Å². The largest absolute Gasteiger partial charge is 0.336 e. The summed E-state index contributed by atoms with van der Waals surface area (Å²) in [6.07, 6.45) is 0. The molecule has 0 aromatic heterocycles. The number of nitro groups is 1. The van der Waals surface area contributed by atoms with E-state index in [1.54, 1.807) is 36.1 Å². The van der Waals surface area contributed by atoms with Gasteiger partial charge in [-0.1, -0.05) is 18.2 Å². The van der Waals surface area contributed by atoms with Gasteiger partial charge in [0.05, 0.1) is 4.92 Å². The minimum Gasteiger partial charge on any atom is -0.336 e. The van der Waals surface area contributed by atoms with Crippen molar-refractivity contribution in [3.63, 3.8) is 0 Å². The van der Waals surface area contributed by atoms with Crippen LogP contribution in [0.25, 0.3) is 0 Å². The molecule has 1 amide bonds. The molecular formula is C19H20FN3O3. The van der Waals surface area contributed by atoms with Crippen molar-refractivity contribution in [2.45, 2.75) is 13.5 Å². The number of nitrogens with zero attached hydrogens (tertiary/aromatic N) is 3. The third-order valence-corrected chi connectivity index (χ3v) is 4.71. The molecule has 1 saturated heterocycles. The van der Waals surface area contributed by atoms with Crippen LogP contribution < -0.4 is 0 Å². The fourth-order valence-electron chi connectivity index (χ4n) is 3.18. The lowest BCUT2D eigenvalue weighted by molar-refractivity contribution is -0.385. The van der Waals surface area contributed by atoms with Crippen LogP contribution in [0.1, 0.15) is 21.5 Å². The Kier molecular flexibility index (Phi) is 5.27. The summed E-state index contributed by atoms with van der Waals surface area (Å²) in [4.78, 5) is 27.3. The molecule has 0 unspecified atom stereocenters. The summed E-state index contributed by atoms with van der Waals surface area (Å²) in [6.45, 7) is 4.84. The third kappa shape index (κ3) is 3.88. The first kappa shape index (κ1) is 18.0. The second kappa shape index (κ2) is 7.61. The quantitative estimate of drug-likeness (QED) is 0.623. The molecule has 136 valence electrons. The molecule has 0 radical (unpaired) electrons. The number of hydrogen-bond acceptors (Lipinski definition) is 4. The Bertz CT molecular complexity index is 815. The van der Waals surface area contributed by atoms with Gasteiger partial charge in [0.2, 0.25) is 0 Å². The third-order valence-electron chi connectivity index (χ3n) is 4.71. The maximum atomic E-state index is 13.0. The monoisotopic (exact) mass is 357 g/mol. The molecule has 2 aromatic carbocycles. The number of carbonyl (C=O) groups excluding carboxylic acids is 1. The van der Waals surface area contributed by atoms with Crippen molar-refractivity contribution >= 4 is 11.6 Å². The maximum absolute atomic E-state index is 13.0. The van der Waals surface area contributed by atoms with E-state index in [-0.39, 0.29) is 17.4 Å². The molecule has 1 fully saturated rings. The van der Waals surface area contributed by atoms with Gasteiger partial charge in [0.15, 0.2) is 0 Å². The second-order valence-corrected chi connectivity index (χ2v) is 6.40. The molecular weight excluding hydrogens is 337 g/mol. The lowest BCUT2D eigenvalue weighted by Crippen LogP contribution is -2.48. The predicted octanol–water partition coefficient (Wildman–Crippen LogP) is 3.00. The zero-order valence-electron chi connectivity index (χ0n) is 14.5. The van der Waals surface area contributed by atoms with Gasteiger partial charge in [-0.2, -0.15) is 0 Å². The Morgan fingerprint density at radius 3 is 2.38 bits per heavy atom. The molecule has 0 spiro atoms. The van der Waals surface area contributed by atoms with Crippen LogP contribution in [0.3, 0.4) is 0 Å². The number of halogens is 1. The van der Waals surface area contributed by atoms with Crippen LogP contribution in [-0.2, 0) is 6.54 Å². The fourth-order valence-corrected chi connectivity index (χ4v) is 3.18. The van der Waals surface area contributed by atoms with E-state index in [1.165, 1.54) is 18.2 Å². The van der Waals surface area contributed by atoms with Crippen LogP contribution >= 0.6 is 0 Å². The number of benzene rings is 2. The zero-order chi connectivity index (χ0) is 18.7. The van der Waals surface area contributed by atoms with Crippen LogP contribution in [0.15, 0.2) is 42.5 Å². The van der Waals surface area contributed by atoms with Gasteiger partial charge in [0.1, 0.15) is 5.82 Å². The first-order valence-electron chi connectivity index (χ1n) is 8.46. The van der Waals surface area contributed by atoms with Gasteiger partial charge in [-0.15, -0.1) is 0 Å². The molecule has 3 rings (SSSR count). The van der Waals surface area contributed by atoms with Gasteiger partial charge < -0.3 is 4.90 Å². The van der Waals surface area contributed by atoms with Crippen LogP contribution in [0.2, 0.25) is 0 Å². The highest BCUT2D eigenvalue weighted by Crippen LogP contribution is 2.23. The lowest BCUT2D eigenvalue weighted by atomic mass is 10.1. The SMILES string of the molecule is Cc1c(C(=O)N2CCN(Cc3ccc(F)cc3)CC2)cccc1[N+](=O)[O-]. The van der Waals surface area contributed by atoms with Crippen LogP contribution in [-0.4, -0.2) is 46.8 Å². The van der Waals surface area contributed by atoms with Gasteiger partial charge in [-0.05, 0) is 30.7 Å². The minimum absolute atomic E-state index is 0.0363. The molecule has 2 aromatic rings. The Balaban J connectivity index is 1.63. The van der Waals surface area contributed by atoms with E-state index in [0.29, 0.717) is 43.9 Å². The normalized spacial score (nSPS) is 15.1. The highest BCUT2D eigenvalue weighted by molar-refractivity contribution is 5.96. The summed E-state index contributed by atoms with van der Waals surface area (Å²) in [7, 11) is 0. The lowest BCUT2D eigenvalue weighted by Gasteiger charge is -2.35. The molecule has 0 N–H and O–H groups in total. The molecule has 26 heavy (non-hydrogen) atoms. The van der Waals surface area contributed by atoms with E-state index in [0.717, 1.165) is 5.56 Å². The van der Waals surface area contributed by atoms with E-state index >= 15 is 0 Å². The topological polar surface area (TPSA) is 66.7 Å². The molecule has 0 saturated carbocycles. The Morgan fingerprint density at radius 2 is 1.77 bits per heavy atom. The number of nitro benzene ring substituents is 1. The summed E-state index contributed by atoms with van der Waals surface area (Å²) < 4.78 is 13.0. The van der Waals surface area contributed by atoms with Gasteiger partial charge in [0.25, 0.3) is 11.6 Å². The summed E-state index contributed by atoms with van der Waals surface area (Å²) in [5.41, 5.74) is 1.77. The van der Waals surface area contributed by atoms with E-state index < -0.39 is 4.92 Å². The summed E-state index contributed by atoms with van der Waals surface area (Å²) in [6, 6.07) is 11.0. The average molecular weight is 357 g/mol. The van der Waals surface area contributed by atoms with Crippen molar-refractivity contribution in [2.75, 3.05) is 26.2 Å². The number of amides is 1. The summed E-state index contributed by atoms with van der Waals surface area (Å²) in [5.74, 6) is -0.427. The first-order valence-corrected chi connectivity index (χ1v) is 8.46. The maximum Gasteiger partial charge on any atom is 0.273 e. The average Bonchev–Trinajstić information content (AvgIpc) is 2.64. The number of rotatable bonds is 4. The van der Waals surface area contributed by atoms with E-state index in [4.69, 9.17) is 0 Å². The molecule has 6 nitrogen and oxygen atoms in total. The van der Waals surface area contributed by atoms with Gasteiger partial charge in [-0.25, -0.2) is 4.39 Å². The molecule has 0 bridgehead atoms. The summed E-state index contributed by atoms with van der Waals surface area (Å²) >= 11 is 0. The van der Waals surface area contributed by atoms with E-state index in [1.807, 2.05) is 0 Å². The molecule has 0 aliphatic carbocycles. The van der Waals surface area contributed by atoms with Crippen molar-refractivity contribution in [1.82, 2.24) is 9.80 Å². The Hall–Kier alpha value is -2.80. The van der Waals surface area contributed by atoms with Gasteiger partial charge >= 0.3 is 0 Å². The molecule has 1 aliphatic rings. The van der Waals surface area contributed by atoms with Crippen LogP contribution in [0.5, 0.6) is 0 Å².